The first-order valence-electron chi connectivity index (χ1n) is 7.68. The third-order valence-corrected chi connectivity index (χ3v) is 3.84. The fourth-order valence-corrected chi connectivity index (χ4v) is 2.57. The van der Waals surface area contributed by atoms with Crippen molar-refractivity contribution in [3.05, 3.63) is 78.1 Å². The van der Waals surface area contributed by atoms with Crippen LogP contribution in [0.15, 0.2) is 66.9 Å². The number of hydrogen-bond acceptors (Lipinski definition) is 4. The number of methoxy groups -OCH3 is 1. The van der Waals surface area contributed by atoms with E-state index >= 15 is 0 Å². The molecule has 0 aliphatic rings. The van der Waals surface area contributed by atoms with E-state index in [4.69, 9.17) is 4.74 Å². The van der Waals surface area contributed by atoms with Gasteiger partial charge in [-0.2, -0.15) is 5.10 Å². The van der Waals surface area contributed by atoms with Crippen LogP contribution in [0.5, 0.6) is 0 Å². The zero-order valence-electron chi connectivity index (χ0n) is 13.9. The van der Waals surface area contributed by atoms with Crippen LogP contribution >= 0.6 is 0 Å². The highest BCUT2D eigenvalue weighted by Crippen LogP contribution is 2.22. The molecule has 126 valence electrons. The Bertz CT molecular complexity index is 903. The van der Waals surface area contributed by atoms with E-state index in [-0.39, 0.29) is 5.91 Å². The average molecular weight is 335 g/mol. The molecule has 1 amide bonds. The van der Waals surface area contributed by atoms with Crippen molar-refractivity contribution in [1.29, 1.82) is 0 Å². The molecular formula is C19H17N3O3. The molecule has 0 saturated carbocycles. The van der Waals surface area contributed by atoms with E-state index in [0.29, 0.717) is 16.9 Å². The molecule has 0 spiro atoms. The maximum atomic E-state index is 13.0. The van der Waals surface area contributed by atoms with Crippen LogP contribution in [0.2, 0.25) is 0 Å². The fourth-order valence-electron chi connectivity index (χ4n) is 2.57. The highest BCUT2D eigenvalue weighted by Gasteiger charge is 2.22. The Morgan fingerprint density at radius 3 is 2.40 bits per heavy atom. The summed E-state index contributed by atoms with van der Waals surface area (Å²) in [5, 5.41) is 4.23. The maximum absolute atomic E-state index is 13.0. The van der Waals surface area contributed by atoms with Crippen molar-refractivity contribution in [1.82, 2.24) is 9.78 Å². The molecule has 0 unspecified atom stereocenters. The second-order valence-corrected chi connectivity index (χ2v) is 5.34. The first-order valence-corrected chi connectivity index (χ1v) is 7.68. The molecule has 6 heteroatoms. The van der Waals surface area contributed by atoms with Crippen molar-refractivity contribution < 1.29 is 14.3 Å². The molecule has 0 radical (unpaired) electrons. The molecule has 2 aromatic carbocycles. The van der Waals surface area contributed by atoms with Gasteiger partial charge in [0.05, 0.1) is 30.2 Å². The molecule has 6 nitrogen and oxygen atoms in total. The van der Waals surface area contributed by atoms with Crippen molar-refractivity contribution in [2.24, 2.45) is 0 Å². The molecule has 0 bridgehead atoms. The standard InChI is InChI=1S/C19H17N3O3/c1-21(16-11-7-6-10-15(16)19(24)25-2)18(23)17-12-13-20-22(17)14-8-4-3-5-9-14/h3-13H,1-2H3. The van der Waals surface area contributed by atoms with Crippen LogP contribution < -0.4 is 4.90 Å². The summed E-state index contributed by atoms with van der Waals surface area (Å²) in [5.74, 6) is -0.774. The Morgan fingerprint density at radius 2 is 1.68 bits per heavy atom. The van der Waals surface area contributed by atoms with E-state index in [1.165, 1.54) is 12.0 Å². The monoisotopic (exact) mass is 335 g/mol. The van der Waals surface area contributed by atoms with Gasteiger partial charge in [0.15, 0.2) is 0 Å². The largest absolute Gasteiger partial charge is 0.465 e. The second-order valence-electron chi connectivity index (χ2n) is 5.34. The van der Waals surface area contributed by atoms with Gasteiger partial charge >= 0.3 is 5.97 Å². The van der Waals surface area contributed by atoms with E-state index in [1.807, 2.05) is 30.3 Å². The smallest absolute Gasteiger partial charge is 0.339 e. The molecule has 1 aromatic heterocycles. The Labute approximate surface area is 145 Å². The Hall–Kier alpha value is -3.41. The summed E-state index contributed by atoms with van der Waals surface area (Å²) in [6.45, 7) is 0. The number of ether oxygens (including phenoxy) is 1. The van der Waals surface area contributed by atoms with Crippen molar-refractivity contribution in [2.45, 2.75) is 0 Å². The van der Waals surface area contributed by atoms with Crippen LogP contribution in [-0.4, -0.2) is 35.8 Å². The van der Waals surface area contributed by atoms with Gasteiger partial charge in [-0.1, -0.05) is 30.3 Å². The summed E-state index contributed by atoms with van der Waals surface area (Å²) in [6.07, 6.45) is 1.57. The molecule has 0 N–H and O–H groups in total. The van der Waals surface area contributed by atoms with Gasteiger partial charge in [-0.05, 0) is 30.3 Å². The van der Waals surface area contributed by atoms with Gasteiger partial charge in [0.2, 0.25) is 0 Å². The third kappa shape index (κ3) is 3.14. The molecule has 0 aliphatic carbocycles. The number of benzene rings is 2. The second kappa shape index (κ2) is 7.00. The number of para-hydroxylation sites is 2. The molecule has 0 aliphatic heterocycles. The lowest BCUT2D eigenvalue weighted by Crippen LogP contribution is -2.30. The lowest BCUT2D eigenvalue weighted by molar-refractivity contribution is 0.0601. The number of carbonyl (C=O) groups is 2. The van der Waals surface area contributed by atoms with Gasteiger partial charge in [0.25, 0.3) is 5.91 Å². The Balaban J connectivity index is 1.98. The summed E-state index contributed by atoms with van der Waals surface area (Å²) >= 11 is 0. The van der Waals surface area contributed by atoms with Crippen molar-refractivity contribution in [2.75, 3.05) is 19.1 Å². The van der Waals surface area contributed by atoms with Gasteiger partial charge in [-0.25, -0.2) is 9.48 Å². The maximum Gasteiger partial charge on any atom is 0.339 e. The van der Waals surface area contributed by atoms with Crippen LogP contribution in [0.3, 0.4) is 0 Å². The van der Waals surface area contributed by atoms with Crippen LogP contribution in [0.25, 0.3) is 5.69 Å². The molecule has 0 fully saturated rings. The van der Waals surface area contributed by atoms with E-state index in [0.717, 1.165) is 5.69 Å². The van der Waals surface area contributed by atoms with Crippen LogP contribution in [0, 0.1) is 0 Å². The zero-order valence-corrected chi connectivity index (χ0v) is 13.9. The highest BCUT2D eigenvalue weighted by molar-refractivity contribution is 6.08. The molecule has 1 heterocycles. The van der Waals surface area contributed by atoms with Gasteiger partial charge in [0.1, 0.15) is 5.69 Å². The number of aromatic nitrogens is 2. The van der Waals surface area contributed by atoms with Gasteiger partial charge < -0.3 is 9.64 Å². The van der Waals surface area contributed by atoms with Gasteiger partial charge in [-0.3, -0.25) is 4.79 Å². The molecule has 25 heavy (non-hydrogen) atoms. The minimum absolute atomic E-state index is 0.280. The molecular weight excluding hydrogens is 318 g/mol. The Kier molecular flexibility index (Phi) is 4.61. The lowest BCUT2D eigenvalue weighted by Gasteiger charge is -2.20. The zero-order chi connectivity index (χ0) is 17.8. The number of nitrogens with zero attached hydrogens (tertiary/aromatic N) is 3. The summed E-state index contributed by atoms with van der Waals surface area (Å²) in [5.41, 5.74) is 1.98. The molecule has 3 rings (SSSR count). The summed E-state index contributed by atoms with van der Waals surface area (Å²) < 4.78 is 6.37. The quantitative estimate of drug-likeness (QED) is 0.688. The summed E-state index contributed by atoms with van der Waals surface area (Å²) in [7, 11) is 2.93. The number of anilines is 1. The fraction of sp³-hybridized carbons (Fsp3) is 0.105. The molecule has 3 aromatic rings. The highest BCUT2D eigenvalue weighted by atomic mass is 16.5. The van der Waals surface area contributed by atoms with Gasteiger partial charge in [0, 0.05) is 7.05 Å². The van der Waals surface area contributed by atoms with E-state index in [9.17, 15) is 9.59 Å². The number of esters is 1. The first kappa shape index (κ1) is 16.4. The van der Waals surface area contributed by atoms with Crippen LogP contribution in [0.1, 0.15) is 20.8 Å². The number of carbonyl (C=O) groups excluding carboxylic acids is 2. The van der Waals surface area contributed by atoms with Gasteiger partial charge in [-0.15, -0.1) is 0 Å². The predicted octanol–water partition coefficient (Wildman–Crippen LogP) is 2.94. The molecule has 0 saturated heterocycles. The van der Waals surface area contributed by atoms with Crippen LogP contribution in [0.4, 0.5) is 5.69 Å². The van der Waals surface area contributed by atoms with E-state index < -0.39 is 5.97 Å². The van der Waals surface area contributed by atoms with Crippen molar-refractivity contribution in [3.63, 3.8) is 0 Å². The average Bonchev–Trinajstić information content (AvgIpc) is 3.16. The van der Waals surface area contributed by atoms with Crippen molar-refractivity contribution >= 4 is 17.6 Å². The third-order valence-electron chi connectivity index (χ3n) is 3.84. The number of amides is 1. The normalized spacial score (nSPS) is 10.3. The van der Waals surface area contributed by atoms with Crippen molar-refractivity contribution in [3.8, 4) is 5.69 Å². The molecule has 0 atom stereocenters. The van der Waals surface area contributed by atoms with E-state index in [1.54, 1.807) is 48.3 Å². The minimum atomic E-state index is -0.494. The number of rotatable bonds is 4. The number of hydrogen-bond donors (Lipinski definition) is 0. The Morgan fingerprint density at radius 1 is 1.00 bits per heavy atom. The predicted molar refractivity (Wildman–Crippen MR) is 94.1 cm³/mol. The SMILES string of the molecule is COC(=O)c1ccccc1N(C)C(=O)c1ccnn1-c1ccccc1. The summed E-state index contributed by atoms with van der Waals surface area (Å²) in [4.78, 5) is 26.4. The van der Waals surface area contributed by atoms with E-state index in [2.05, 4.69) is 5.10 Å². The summed E-state index contributed by atoms with van der Waals surface area (Å²) in [6, 6.07) is 17.8. The van der Waals surface area contributed by atoms with Crippen LogP contribution in [-0.2, 0) is 4.74 Å². The topological polar surface area (TPSA) is 64.4 Å². The lowest BCUT2D eigenvalue weighted by atomic mass is 10.1. The first-order chi connectivity index (χ1) is 12.1. The minimum Gasteiger partial charge on any atom is -0.465 e.